The number of para-hydroxylation sites is 2. The lowest BCUT2D eigenvalue weighted by atomic mass is 10.1. The van der Waals surface area contributed by atoms with Gasteiger partial charge in [-0.2, -0.15) is 0 Å². The number of hydrogen-bond donors (Lipinski definition) is 0. The SMILES string of the molecule is CCCOc1ccccc1OCC(=O)OCCN1C(=O)c2ccccc2C1=O. The average molecular weight is 383 g/mol. The molecular formula is C21H21NO6. The minimum Gasteiger partial charge on any atom is -0.490 e. The van der Waals surface area contributed by atoms with Crippen molar-refractivity contribution in [1.82, 2.24) is 4.90 Å². The van der Waals surface area contributed by atoms with Gasteiger partial charge in [-0.25, -0.2) is 4.79 Å². The Bertz CT molecular complexity index is 844. The van der Waals surface area contributed by atoms with Crippen LogP contribution >= 0.6 is 0 Å². The summed E-state index contributed by atoms with van der Waals surface area (Å²) >= 11 is 0. The monoisotopic (exact) mass is 383 g/mol. The number of imide groups is 1. The number of hydrogen-bond acceptors (Lipinski definition) is 6. The third-order valence-corrected chi connectivity index (χ3v) is 4.11. The highest BCUT2D eigenvalue weighted by atomic mass is 16.6. The maximum Gasteiger partial charge on any atom is 0.344 e. The van der Waals surface area contributed by atoms with Gasteiger partial charge in [-0.15, -0.1) is 0 Å². The van der Waals surface area contributed by atoms with Gasteiger partial charge >= 0.3 is 5.97 Å². The van der Waals surface area contributed by atoms with Crippen LogP contribution in [0.15, 0.2) is 48.5 Å². The minimum absolute atomic E-state index is 0.00567. The van der Waals surface area contributed by atoms with Crippen molar-refractivity contribution >= 4 is 17.8 Å². The van der Waals surface area contributed by atoms with Crippen molar-refractivity contribution in [2.45, 2.75) is 13.3 Å². The van der Waals surface area contributed by atoms with Crippen molar-refractivity contribution < 1.29 is 28.6 Å². The third-order valence-electron chi connectivity index (χ3n) is 4.11. The molecule has 1 aliphatic rings. The number of carbonyl (C=O) groups excluding carboxylic acids is 3. The number of benzene rings is 2. The van der Waals surface area contributed by atoms with Crippen molar-refractivity contribution in [2.24, 2.45) is 0 Å². The Morgan fingerprint density at radius 3 is 2.04 bits per heavy atom. The van der Waals surface area contributed by atoms with E-state index in [4.69, 9.17) is 14.2 Å². The highest BCUT2D eigenvalue weighted by molar-refractivity contribution is 6.21. The lowest BCUT2D eigenvalue weighted by molar-refractivity contribution is -0.146. The van der Waals surface area contributed by atoms with E-state index in [0.29, 0.717) is 29.2 Å². The van der Waals surface area contributed by atoms with Gasteiger partial charge in [0.2, 0.25) is 0 Å². The van der Waals surface area contributed by atoms with Crippen LogP contribution in [0.2, 0.25) is 0 Å². The van der Waals surface area contributed by atoms with Gasteiger partial charge < -0.3 is 14.2 Å². The second kappa shape index (κ2) is 9.03. The quantitative estimate of drug-likeness (QED) is 0.489. The van der Waals surface area contributed by atoms with E-state index in [1.807, 2.05) is 13.0 Å². The summed E-state index contributed by atoms with van der Waals surface area (Å²) in [5.74, 6) is -0.344. The predicted molar refractivity (Wildman–Crippen MR) is 100 cm³/mol. The molecule has 7 nitrogen and oxygen atoms in total. The molecule has 0 bridgehead atoms. The van der Waals surface area contributed by atoms with E-state index in [0.717, 1.165) is 11.3 Å². The zero-order chi connectivity index (χ0) is 19.9. The van der Waals surface area contributed by atoms with Crippen LogP contribution in [0, 0.1) is 0 Å². The Morgan fingerprint density at radius 2 is 1.43 bits per heavy atom. The Labute approximate surface area is 162 Å². The molecule has 0 aliphatic carbocycles. The largest absolute Gasteiger partial charge is 0.490 e. The molecule has 146 valence electrons. The minimum atomic E-state index is -0.595. The Morgan fingerprint density at radius 1 is 0.857 bits per heavy atom. The molecule has 3 rings (SSSR count). The molecule has 0 atom stereocenters. The van der Waals surface area contributed by atoms with Crippen molar-refractivity contribution in [1.29, 1.82) is 0 Å². The Kier molecular flexibility index (Phi) is 6.26. The fraction of sp³-hybridized carbons (Fsp3) is 0.286. The van der Waals surface area contributed by atoms with Crippen LogP contribution in [0.1, 0.15) is 34.1 Å². The van der Waals surface area contributed by atoms with E-state index < -0.39 is 5.97 Å². The molecule has 0 radical (unpaired) electrons. The van der Waals surface area contributed by atoms with Gasteiger partial charge in [0, 0.05) is 0 Å². The van der Waals surface area contributed by atoms with Crippen LogP contribution in [0.4, 0.5) is 0 Å². The number of amides is 2. The summed E-state index contributed by atoms with van der Waals surface area (Å²) in [7, 11) is 0. The van der Waals surface area contributed by atoms with Crippen LogP contribution in [-0.4, -0.2) is 49.0 Å². The number of nitrogens with zero attached hydrogens (tertiary/aromatic N) is 1. The third kappa shape index (κ3) is 4.31. The first-order chi connectivity index (χ1) is 13.6. The van der Waals surface area contributed by atoms with E-state index in [2.05, 4.69) is 0 Å². The summed E-state index contributed by atoms with van der Waals surface area (Å²) < 4.78 is 16.1. The van der Waals surface area contributed by atoms with E-state index in [1.54, 1.807) is 42.5 Å². The van der Waals surface area contributed by atoms with Crippen LogP contribution in [0.25, 0.3) is 0 Å². The number of esters is 1. The van der Waals surface area contributed by atoms with Crippen LogP contribution in [0.3, 0.4) is 0 Å². The molecule has 0 aromatic heterocycles. The second-order valence-electron chi connectivity index (χ2n) is 6.11. The normalized spacial score (nSPS) is 12.7. The van der Waals surface area contributed by atoms with Crippen molar-refractivity contribution in [3.05, 3.63) is 59.7 Å². The van der Waals surface area contributed by atoms with Crippen LogP contribution < -0.4 is 9.47 Å². The molecule has 0 saturated carbocycles. The molecule has 28 heavy (non-hydrogen) atoms. The van der Waals surface area contributed by atoms with Gasteiger partial charge in [-0.1, -0.05) is 31.2 Å². The molecule has 7 heteroatoms. The standard InChI is InChI=1S/C21H21NO6/c1-2-12-26-17-9-5-6-10-18(17)28-14-19(23)27-13-11-22-20(24)15-7-3-4-8-16(15)21(22)25/h3-10H,2,11-14H2,1H3. The Balaban J connectivity index is 1.46. The van der Waals surface area contributed by atoms with E-state index in [1.165, 1.54) is 0 Å². The van der Waals surface area contributed by atoms with E-state index in [-0.39, 0.29) is 31.6 Å². The van der Waals surface area contributed by atoms with Crippen molar-refractivity contribution in [3.8, 4) is 11.5 Å². The predicted octanol–water partition coefficient (Wildman–Crippen LogP) is 2.69. The molecular weight excluding hydrogens is 362 g/mol. The van der Waals surface area contributed by atoms with Gasteiger partial charge in [-0.05, 0) is 30.7 Å². The maximum absolute atomic E-state index is 12.2. The molecule has 2 amide bonds. The van der Waals surface area contributed by atoms with Gasteiger partial charge in [0.05, 0.1) is 24.3 Å². The summed E-state index contributed by atoms with van der Waals surface area (Å²) in [4.78, 5) is 37.5. The molecule has 2 aromatic rings. The number of carbonyl (C=O) groups is 3. The zero-order valence-corrected chi connectivity index (χ0v) is 15.6. The maximum atomic E-state index is 12.2. The van der Waals surface area contributed by atoms with Crippen LogP contribution in [-0.2, 0) is 9.53 Å². The van der Waals surface area contributed by atoms with Crippen molar-refractivity contribution in [2.75, 3.05) is 26.4 Å². The first-order valence-electron chi connectivity index (χ1n) is 9.07. The first kappa shape index (κ1) is 19.4. The average Bonchev–Trinajstić information content (AvgIpc) is 2.96. The molecule has 0 saturated heterocycles. The van der Waals surface area contributed by atoms with E-state index >= 15 is 0 Å². The molecule has 0 unspecified atom stereocenters. The van der Waals surface area contributed by atoms with E-state index in [9.17, 15) is 14.4 Å². The zero-order valence-electron chi connectivity index (χ0n) is 15.6. The summed E-state index contributed by atoms with van der Waals surface area (Å²) in [5, 5.41) is 0. The summed E-state index contributed by atoms with van der Waals surface area (Å²) in [6.45, 7) is 2.14. The molecule has 0 fully saturated rings. The fourth-order valence-electron chi connectivity index (χ4n) is 2.77. The summed E-state index contributed by atoms with van der Waals surface area (Å²) in [6, 6.07) is 13.7. The molecule has 1 heterocycles. The summed E-state index contributed by atoms with van der Waals surface area (Å²) in [6.07, 6.45) is 0.855. The highest BCUT2D eigenvalue weighted by Crippen LogP contribution is 2.26. The Hall–Kier alpha value is -3.35. The molecule has 2 aromatic carbocycles. The molecule has 1 aliphatic heterocycles. The van der Waals surface area contributed by atoms with Crippen LogP contribution in [0.5, 0.6) is 11.5 Å². The second-order valence-corrected chi connectivity index (χ2v) is 6.11. The van der Waals surface area contributed by atoms with Gasteiger partial charge in [0.1, 0.15) is 6.61 Å². The highest BCUT2D eigenvalue weighted by Gasteiger charge is 2.34. The smallest absolute Gasteiger partial charge is 0.344 e. The van der Waals surface area contributed by atoms with Gasteiger partial charge in [0.25, 0.3) is 11.8 Å². The van der Waals surface area contributed by atoms with Gasteiger partial charge in [0.15, 0.2) is 18.1 Å². The lowest BCUT2D eigenvalue weighted by Crippen LogP contribution is -2.34. The summed E-state index contributed by atoms with van der Waals surface area (Å²) in [5.41, 5.74) is 0.733. The van der Waals surface area contributed by atoms with Gasteiger partial charge in [-0.3, -0.25) is 14.5 Å². The number of rotatable bonds is 9. The first-order valence-corrected chi connectivity index (χ1v) is 9.07. The molecule has 0 N–H and O–H groups in total. The van der Waals surface area contributed by atoms with Crippen molar-refractivity contribution in [3.63, 3.8) is 0 Å². The number of fused-ring (bicyclic) bond motifs is 1. The topological polar surface area (TPSA) is 82.1 Å². The molecule has 0 spiro atoms. The fourth-order valence-corrected chi connectivity index (χ4v) is 2.77. The number of ether oxygens (including phenoxy) is 3. The lowest BCUT2D eigenvalue weighted by Gasteiger charge is -2.14.